The average molecular weight is 340 g/mol. The summed E-state index contributed by atoms with van der Waals surface area (Å²) in [6, 6.07) is 17.5. The Labute approximate surface area is 148 Å². The largest absolute Gasteiger partial charge is 0.497 e. The third kappa shape index (κ3) is 4.24. The fraction of sp³-hybridized carbons (Fsp3) is 0.350. The molecule has 5 heteroatoms. The van der Waals surface area contributed by atoms with Crippen LogP contribution in [0.3, 0.4) is 0 Å². The number of benzene rings is 2. The molecule has 25 heavy (non-hydrogen) atoms. The lowest BCUT2D eigenvalue weighted by atomic mass is 10.2. The molecule has 1 amide bonds. The lowest BCUT2D eigenvalue weighted by Gasteiger charge is -2.37. The van der Waals surface area contributed by atoms with Gasteiger partial charge in [0, 0.05) is 37.9 Å². The van der Waals surface area contributed by atoms with Crippen LogP contribution in [0, 0.1) is 0 Å². The van der Waals surface area contributed by atoms with Gasteiger partial charge in [0.15, 0.2) is 6.10 Å². The van der Waals surface area contributed by atoms with Crippen molar-refractivity contribution in [1.29, 1.82) is 0 Å². The standard InChI is InChI=1S/C20H24N2O3/c1-16(25-18-8-4-3-5-9-18)20(23)22-13-11-21(12-14-22)17-7-6-10-19(15-17)24-2/h3-10,15-16H,11-14H2,1-2H3/t16-/m0/s1. The predicted octanol–water partition coefficient (Wildman–Crippen LogP) is 2.81. The number of ether oxygens (including phenoxy) is 2. The van der Waals surface area contributed by atoms with Crippen molar-refractivity contribution in [3.05, 3.63) is 54.6 Å². The number of rotatable bonds is 5. The van der Waals surface area contributed by atoms with Gasteiger partial charge in [0.05, 0.1) is 7.11 Å². The van der Waals surface area contributed by atoms with Gasteiger partial charge < -0.3 is 19.3 Å². The number of para-hydroxylation sites is 1. The van der Waals surface area contributed by atoms with Gasteiger partial charge in [-0.05, 0) is 31.2 Å². The molecule has 0 saturated carbocycles. The average Bonchev–Trinajstić information content (AvgIpc) is 2.68. The Morgan fingerprint density at radius 3 is 2.32 bits per heavy atom. The molecule has 0 radical (unpaired) electrons. The highest BCUT2D eigenvalue weighted by molar-refractivity contribution is 5.81. The lowest BCUT2D eigenvalue weighted by Crippen LogP contribution is -2.52. The highest BCUT2D eigenvalue weighted by atomic mass is 16.5. The summed E-state index contributed by atoms with van der Waals surface area (Å²) in [7, 11) is 1.67. The first kappa shape index (κ1) is 17.1. The van der Waals surface area contributed by atoms with Crippen molar-refractivity contribution in [3.8, 4) is 11.5 Å². The summed E-state index contributed by atoms with van der Waals surface area (Å²) < 4.78 is 11.0. The van der Waals surface area contributed by atoms with Gasteiger partial charge in [-0.2, -0.15) is 0 Å². The lowest BCUT2D eigenvalue weighted by molar-refractivity contribution is -0.138. The van der Waals surface area contributed by atoms with E-state index in [1.165, 1.54) is 0 Å². The van der Waals surface area contributed by atoms with Gasteiger partial charge in [-0.1, -0.05) is 24.3 Å². The van der Waals surface area contributed by atoms with Crippen molar-refractivity contribution >= 4 is 11.6 Å². The number of carbonyl (C=O) groups is 1. The van der Waals surface area contributed by atoms with Gasteiger partial charge in [0.2, 0.25) is 0 Å². The van der Waals surface area contributed by atoms with Gasteiger partial charge in [-0.25, -0.2) is 0 Å². The van der Waals surface area contributed by atoms with Crippen LogP contribution in [-0.2, 0) is 4.79 Å². The molecular formula is C20H24N2O3. The van der Waals surface area contributed by atoms with Crippen molar-refractivity contribution < 1.29 is 14.3 Å². The van der Waals surface area contributed by atoms with Gasteiger partial charge in [-0.15, -0.1) is 0 Å². The molecule has 2 aromatic carbocycles. The summed E-state index contributed by atoms with van der Waals surface area (Å²) in [6.45, 7) is 4.80. The summed E-state index contributed by atoms with van der Waals surface area (Å²) in [5.74, 6) is 1.61. The molecule has 0 aromatic heterocycles. The maximum Gasteiger partial charge on any atom is 0.263 e. The van der Waals surface area contributed by atoms with E-state index < -0.39 is 6.10 Å². The maximum absolute atomic E-state index is 12.6. The zero-order valence-corrected chi connectivity index (χ0v) is 14.7. The van der Waals surface area contributed by atoms with Crippen LogP contribution in [0.15, 0.2) is 54.6 Å². The zero-order chi connectivity index (χ0) is 17.6. The number of hydrogen-bond acceptors (Lipinski definition) is 4. The Hall–Kier alpha value is -2.69. The molecule has 0 aliphatic carbocycles. The van der Waals surface area contributed by atoms with Crippen molar-refractivity contribution in [2.45, 2.75) is 13.0 Å². The Bertz CT molecular complexity index is 697. The molecule has 1 aliphatic heterocycles. The molecule has 1 saturated heterocycles. The molecular weight excluding hydrogens is 316 g/mol. The van der Waals surface area contributed by atoms with Crippen LogP contribution < -0.4 is 14.4 Å². The number of anilines is 1. The number of carbonyl (C=O) groups excluding carboxylic acids is 1. The minimum absolute atomic E-state index is 0.0362. The van der Waals surface area contributed by atoms with Crippen LogP contribution in [-0.4, -0.2) is 50.2 Å². The first-order chi connectivity index (χ1) is 12.2. The predicted molar refractivity (Wildman–Crippen MR) is 98.3 cm³/mol. The van der Waals surface area contributed by atoms with E-state index in [4.69, 9.17) is 9.47 Å². The van der Waals surface area contributed by atoms with E-state index in [0.717, 1.165) is 30.3 Å². The number of methoxy groups -OCH3 is 1. The fourth-order valence-electron chi connectivity index (χ4n) is 3.00. The fourth-order valence-corrected chi connectivity index (χ4v) is 3.00. The maximum atomic E-state index is 12.6. The van der Waals surface area contributed by atoms with Crippen LogP contribution in [0.2, 0.25) is 0 Å². The molecule has 0 spiro atoms. The third-order valence-electron chi connectivity index (χ3n) is 4.41. The molecule has 132 valence electrons. The van der Waals surface area contributed by atoms with E-state index in [0.29, 0.717) is 13.1 Å². The monoisotopic (exact) mass is 340 g/mol. The van der Waals surface area contributed by atoms with E-state index in [1.807, 2.05) is 60.4 Å². The summed E-state index contributed by atoms with van der Waals surface area (Å²) in [5.41, 5.74) is 1.13. The van der Waals surface area contributed by atoms with Gasteiger partial charge in [0.25, 0.3) is 5.91 Å². The topological polar surface area (TPSA) is 42.0 Å². The Kier molecular flexibility index (Phi) is 5.43. The van der Waals surface area contributed by atoms with Crippen LogP contribution >= 0.6 is 0 Å². The van der Waals surface area contributed by atoms with Gasteiger partial charge >= 0.3 is 0 Å². The molecule has 1 atom stereocenters. The van der Waals surface area contributed by atoms with Crippen molar-refractivity contribution in [1.82, 2.24) is 4.90 Å². The van der Waals surface area contributed by atoms with Gasteiger partial charge in [0.1, 0.15) is 11.5 Å². The minimum atomic E-state index is -0.481. The Balaban J connectivity index is 1.55. The summed E-state index contributed by atoms with van der Waals surface area (Å²) in [4.78, 5) is 16.8. The third-order valence-corrected chi connectivity index (χ3v) is 4.41. The second kappa shape index (κ2) is 7.92. The smallest absolute Gasteiger partial charge is 0.263 e. The number of piperazine rings is 1. The summed E-state index contributed by atoms with van der Waals surface area (Å²) >= 11 is 0. The normalized spacial score (nSPS) is 15.6. The highest BCUT2D eigenvalue weighted by Crippen LogP contribution is 2.22. The Morgan fingerprint density at radius 2 is 1.64 bits per heavy atom. The molecule has 3 rings (SSSR count). The molecule has 5 nitrogen and oxygen atoms in total. The van der Waals surface area contributed by atoms with Gasteiger partial charge in [-0.3, -0.25) is 4.79 Å². The number of hydrogen-bond donors (Lipinski definition) is 0. The van der Waals surface area contributed by atoms with E-state index in [9.17, 15) is 4.79 Å². The molecule has 1 aliphatic rings. The second-order valence-corrected chi connectivity index (χ2v) is 6.09. The van der Waals surface area contributed by atoms with Crippen molar-refractivity contribution in [2.24, 2.45) is 0 Å². The minimum Gasteiger partial charge on any atom is -0.497 e. The molecule has 2 aromatic rings. The van der Waals surface area contributed by atoms with E-state index in [2.05, 4.69) is 11.0 Å². The van der Waals surface area contributed by atoms with Crippen molar-refractivity contribution in [2.75, 3.05) is 38.2 Å². The zero-order valence-electron chi connectivity index (χ0n) is 14.7. The first-order valence-corrected chi connectivity index (χ1v) is 8.57. The van der Waals surface area contributed by atoms with Crippen LogP contribution in [0.25, 0.3) is 0 Å². The molecule has 1 heterocycles. The highest BCUT2D eigenvalue weighted by Gasteiger charge is 2.26. The SMILES string of the molecule is COc1cccc(N2CCN(C(=O)[C@H](C)Oc3ccccc3)CC2)c1. The number of amides is 1. The summed E-state index contributed by atoms with van der Waals surface area (Å²) in [6.07, 6.45) is -0.481. The van der Waals surface area contributed by atoms with Crippen LogP contribution in [0.4, 0.5) is 5.69 Å². The second-order valence-electron chi connectivity index (χ2n) is 6.09. The molecule has 0 bridgehead atoms. The summed E-state index contributed by atoms with van der Waals surface area (Å²) in [5, 5.41) is 0. The van der Waals surface area contributed by atoms with E-state index in [1.54, 1.807) is 7.11 Å². The van der Waals surface area contributed by atoms with Crippen LogP contribution in [0.5, 0.6) is 11.5 Å². The van der Waals surface area contributed by atoms with Crippen LogP contribution in [0.1, 0.15) is 6.92 Å². The van der Waals surface area contributed by atoms with E-state index in [-0.39, 0.29) is 5.91 Å². The molecule has 0 unspecified atom stereocenters. The quantitative estimate of drug-likeness (QED) is 0.839. The number of nitrogens with zero attached hydrogens (tertiary/aromatic N) is 2. The molecule has 1 fully saturated rings. The Morgan fingerprint density at radius 1 is 0.960 bits per heavy atom. The van der Waals surface area contributed by atoms with E-state index >= 15 is 0 Å². The van der Waals surface area contributed by atoms with Crippen molar-refractivity contribution in [3.63, 3.8) is 0 Å². The molecule has 0 N–H and O–H groups in total. The first-order valence-electron chi connectivity index (χ1n) is 8.57.